The zero-order valence-electron chi connectivity index (χ0n) is 10.3. The number of carbonyl (C=O) groups is 1. The van der Waals surface area contributed by atoms with Gasteiger partial charge in [-0.15, -0.1) is 0 Å². The Labute approximate surface area is 99.0 Å². The number of rotatable bonds is 2. The van der Waals surface area contributed by atoms with Crippen LogP contribution in [0.25, 0.3) is 0 Å². The highest BCUT2D eigenvalue weighted by Crippen LogP contribution is 2.14. The monoisotopic (exact) mass is 233 g/mol. The van der Waals surface area contributed by atoms with E-state index in [1.165, 1.54) is 0 Å². The van der Waals surface area contributed by atoms with Gasteiger partial charge in [-0.2, -0.15) is 10.2 Å². The van der Waals surface area contributed by atoms with Crippen LogP contribution in [-0.4, -0.2) is 25.9 Å². The van der Waals surface area contributed by atoms with Gasteiger partial charge in [-0.25, -0.2) is 0 Å². The molecule has 0 aliphatic rings. The van der Waals surface area contributed by atoms with Crippen LogP contribution in [0.4, 0.5) is 5.82 Å². The minimum Gasteiger partial charge on any atom is -0.307 e. The van der Waals surface area contributed by atoms with E-state index in [4.69, 9.17) is 0 Å². The van der Waals surface area contributed by atoms with Crippen molar-refractivity contribution in [3.63, 3.8) is 0 Å². The third kappa shape index (κ3) is 2.06. The van der Waals surface area contributed by atoms with Gasteiger partial charge in [0, 0.05) is 18.8 Å². The molecular weight excluding hydrogens is 218 g/mol. The summed E-state index contributed by atoms with van der Waals surface area (Å²) < 4.78 is 1.64. The van der Waals surface area contributed by atoms with Gasteiger partial charge < -0.3 is 5.32 Å². The number of nitrogens with one attached hydrogen (secondary N) is 2. The second-order valence-electron chi connectivity index (χ2n) is 4.06. The second-order valence-corrected chi connectivity index (χ2v) is 4.06. The zero-order chi connectivity index (χ0) is 12.6. The molecule has 0 bridgehead atoms. The maximum Gasteiger partial charge on any atom is 0.260 e. The highest BCUT2D eigenvalue weighted by atomic mass is 16.1. The number of nitrogens with zero attached hydrogens (tertiary/aromatic N) is 3. The number of carbonyl (C=O) groups excluding carboxylic acids is 1. The van der Waals surface area contributed by atoms with Gasteiger partial charge in [0.25, 0.3) is 5.91 Å². The van der Waals surface area contributed by atoms with Gasteiger partial charge >= 0.3 is 0 Å². The molecule has 0 aliphatic carbocycles. The largest absolute Gasteiger partial charge is 0.307 e. The third-order valence-electron chi connectivity index (χ3n) is 2.60. The predicted molar refractivity (Wildman–Crippen MR) is 64.0 cm³/mol. The van der Waals surface area contributed by atoms with Crippen molar-refractivity contribution in [3.8, 4) is 0 Å². The molecule has 2 rings (SSSR count). The van der Waals surface area contributed by atoms with Gasteiger partial charge in [-0.05, 0) is 20.8 Å². The minimum absolute atomic E-state index is 0.170. The van der Waals surface area contributed by atoms with Gasteiger partial charge in [0.2, 0.25) is 0 Å². The summed E-state index contributed by atoms with van der Waals surface area (Å²) >= 11 is 0. The average molecular weight is 233 g/mol. The first kappa shape index (κ1) is 11.4. The van der Waals surface area contributed by atoms with Crippen LogP contribution in [0, 0.1) is 20.8 Å². The van der Waals surface area contributed by atoms with Gasteiger partial charge in [-0.3, -0.25) is 14.6 Å². The fraction of sp³-hybridized carbons (Fsp3) is 0.364. The van der Waals surface area contributed by atoms with E-state index in [1.54, 1.807) is 18.7 Å². The van der Waals surface area contributed by atoms with Crippen LogP contribution in [0.3, 0.4) is 0 Å². The molecule has 2 aromatic rings. The lowest BCUT2D eigenvalue weighted by Gasteiger charge is -2.04. The number of anilines is 1. The summed E-state index contributed by atoms with van der Waals surface area (Å²) in [7, 11) is 1.79. The van der Waals surface area contributed by atoms with Crippen molar-refractivity contribution in [1.82, 2.24) is 20.0 Å². The molecule has 0 aromatic carbocycles. The summed E-state index contributed by atoms with van der Waals surface area (Å²) in [5, 5.41) is 13.8. The van der Waals surface area contributed by atoms with E-state index in [0.717, 1.165) is 11.4 Å². The maximum absolute atomic E-state index is 12.1. The first-order valence-corrected chi connectivity index (χ1v) is 5.32. The van der Waals surface area contributed by atoms with Crippen LogP contribution in [0.2, 0.25) is 0 Å². The van der Waals surface area contributed by atoms with Crippen molar-refractivity contribution >= 4 is 11.7 Å². The summed E-state index contributed by atoms with van der Waals surface area (Å²) in [4.78, 5) is 12.1. The lowest BCUT2D eigenvalue weighted by molar-refractivity contribution is 0.102. The Kier molecular flexibility index (Phi) is 2.71. The average Bonchev–Trinajstić information content (AvgIpc) is 2.71. The zero-order valence-corrected chi connectivity index (χ0v) is 10.3. The highest BCUT2D eigenvalue weighted by molar-refractivity contribution is 6.05. The van der Waals surface area contributed by atoms with Crippen molar-refractivity contribution in [2.45, 2.75) is 20.8 Å². The molecule has 0 atom stereocenters. The van der Waals surface area contributed by atoms with Crippen LogP contribution >= 0.6 is 0 Å². The summed E-state index contributed by atoms with van der Waals surface area (Å²) in [6.45, 7) is 5.50. The van der Waals surface area contributed by atoms with Crippen molar-refractivity contribution in [1.29, 1.82) is 0 Å². The highest BCUT2D eigenvalue weighted by Gasteiger charge is 2.16. The van der Waals surface area contributed by atoms with Gasteiger partial charge in [0.15, 0.2) is 0 Å². The summed E-state index contributed by atoms with van der Waals surface area (Å²) in [5.41, 5.74) is 2.91. The molecule has 2 N–H and O–H groups in total. The normalized spacial score (nSPS) is 10.6. The van der Waals surface area contributed by atoms with E-state index in [-0.39, 0.29) is 5.91 Å². The lowest BCUT2D eigenvalue weighted by Crippen LogP contribution is -2.16. The number of hydrogen-bond donors (Lipinski definition) is 2. The van der Waals surface area contributed by atoms with Crippen molar-refractivity contribution in [2.24, 2.45) is 7.05 Å². The van der Waals surface area contributed by atoms with E-state index in [9.17, 15) is 4.79 Å². The number of aryl methyl sites for hydroxylation is 4. The van der Waals surface area contributed by atoms with Crippen molar-refractivity contribution in [3.05, 3.63) is 28.7 Å². The number of amides is 1. The molecule has 0 radical (unpaired) electrons. The molecule has 90 valence electrons. The Morgan fingerprint density at radius 1 is 1.41 bits per heavy atom. The third-order valence-corrected chi connectivity index (χ3v) is 2.60. The van der Waals surface area contributed by atoms with Crippen LogP contribution in [-0.2, 0) is 7.05 Å². The van der Waals surface area contributed by atoms with Crippen LogP contribution in [0.1, 0.15) is 27.4 Å². The predicted octanol–water partition coefficient (Wildman–Crippen LogP) is 1.32. The molecule has 0 aliphatic heterocycles. The second kappa shape index (κ2) is 4.04. The summed E-state index contributed by atoms with van der Waals surface area (Å²) in [6.07, 6.45) is 0. The lowest BCUT2D eigenvalue weighted by atomic mass is 10.2. The Hall–Kier alpha value is -2.11. The SMILES string of the molecule is Cc1cc(NC(=O)c2c(C)n[nH]c2C)n(C)n1. The van der Waals surface area contributed by atoms with Gasteiger partial charge in [0.1, 0.15) is 5.82 Å². The van der Waals surface area contributed by atoms with Gasteiger partial charge in [-0.1, -0.05) is 0 Å². The summed E-state index contributed by atoms with van der Waals surface area (Å²) in [5.74, 6) is 0.504. The van der Waals surface area contributed by atoms with E-state index in [1.807, 2.05) is 19.9 Å². The molecule has 2 aromatic heterocycles. The molecule has 2 heterocycles. The smallest absolute Gasteiger partial charge is 0.260 e. The number of H-pyrrole nitrogens is 1. The molecule has 0 spiro atoms. The molecular formula is C11H15N5O. The van der Waals surface area contributed by atoms with Crippen LogP contribution in [0.15, 0.2) is 6.07 Å². The topological polar surface area (TPSA) is 75.6 Å². The van der Waals surface area contributed by atoms with E-state index in [2.05, 4.69) is 20.6 Å². The Bertz CT molecular complexity index is 547. The number of aromatic amines is 1. The number of hydrogen-bond acceptors (Lipinski definition) is 3. The quantitative estimate of drug-likeness (QED) is 0.821. The van der Waals surface area contributed by atoms with Crippen molar-refractivity contribution in [2.75, 3.05) is 5.32 Å². The molecule has 0 fully saturated rings. The Morgan fingerprint density at radius 3 is 2.59 bits per heavy atom. The molecule has 17 heavy (non-hydrogen) atoms. The fourth-order valence-corrected chi connectivity index (χ4v) is 1.79. The van der Waals surface area contributed by atoms with E-state index in [0.29, 0.717) is 17.1 Å². The van der Waals surface area contributed by atoms with E-state index >= 15 is 0 Å². The van der Waals surface area contributed by atoms with E-state index < -0.39 is 0 Å². The van der Waals surface area contributed by atoms with Crippen LogP contribution in [0.5, 0.6) is 0 Å². The molecule has 0 saturated heterocycles. The van der Waals surface area contributed by atoms with Crippen molar-refractivity contribution < 1.29 is 4.79 Å². The standard InChI is InChI=1S/C11H15N5O/c1-6-5-9(16(4)15-6)12-11(17)10-7(2)13-14-8(10)3/h5H,1-4H3,(H,12,17)(H,13,14). The molecule has 6 heteroatoms. The molecule has 1 amide bonds. The summed E-state index contributed by atoms with van der Waals surface area (Å²) in [6, 6.07) is 1.82. The maximum atomic E-state index is 12.1. The first-order chi connectivity index (χ1) is 7.99. The molecule has 6 nitrogen and oxygen atoms in total. The molecule has 0 unspecified atom stereocenters. The first-order valence-electron chi connectivity index (χ1n) is 5.32. The Balaban J connectivity index is 2.26. The van der Waals surface area contributed by atoms with Gasteiger partial charge in [0.05, 0.1) is 17.0 Å². The number of aromatic nitrogens is 4. The Morgan fingerprint density at radius 2 is 2.12 bits per heavy atom. The fourth-order valence-electron chi connectivity index (χ4n) is 1.79. The minimum atomic E-state index is -0.170. The van der Waals surface area contributed by atoms with Crippen LogP contribution < -0.4 is 5.32 Å². The molecule has 0 saturated carbocycles.